The smallest absolute Gasteiger partial charge is 0.338 e. The molecule has 0 saturated heterocycles. The minimum Gasteiger partial charge on any atom is -0.478 e. The van der Waals surface area contributed by atoms with Gasteiger partial charge in [0, 0.05) is 10.9 Å². The number of carbonyl (C=O) groups is 2. The summed E-state index contributed by atoms with van der Waals surface area (Å²) in [5, 5.41) is 10.9. The topological polar surface area (TPSA) is 89.6 Å². The standard InChI is InChI=1S/C32H31NO5/c1-5-37-31(36)20-12-10-19(11-13-20)27-15-14-23(38-27)17-21-16-22(32(2,3)4)18-25-28(30(34)35)24-8-6-7-9-26(24)33-29(21)25/h6-15,17,22H,5,16,18H2,1-4H3,(H,34,35)/b21-17+. The summed E-state index contributed by atoms with van der Waals surface area (Å²) in [6.45, 7) is 8.69. The summed E-state index contributed by atoms with van der Waals surface area (Å²) in [5.74, 6) is 0.298. The van der Waals surface area contributed by atoms with Gasteiger partial charge in [0.1, 0.15) is 11.5 Å². The van der Waals surface area contributed by atoms with Crippen LogP contribution in [-0.2, 0) is 11.2 Å². The first-order valence-electron chi connectivity index (χ1n) is 12.9. The van der Waals surface area contributed by atoms with Gasteiger partial charge in [-0.3, -0.25) is 0 Å². The lowest BCUT2D eigenvalue weighted by Crippen LogP contribution is -2.28. The number of fused-ring (bicyclic) bond motifs is 2. The van der Waals surface area contributed by atoms with Crippen LogP contribution in [-0.4, -0.2) is 28.6 Å². The van der Waals surface area contributed by atoms with Crippen LogP contribution in [0, 0.1) is 11.3 Å². The van der Waals surface area contributed by atoms with Gasteiger partial charge in [-0.15, -0.1) is 0 Å². The third-order valence-electron chi connectivity index (χ3n) is 7.28. The SMILES string of the molecule is CCOC(=O)c1ccc(-c2ccc(/C=C3\CC(C(C)(C)C)Cc4c3nc3ccccc3c4C(=O)O)o2)cc1. The number of carboxylic acid groups (broad SMARTS) is 1. The normalized spacial score (nSPS) is 16.4. The second-order valence-corrected chi connectivity index (χ2v) is 10.8. The zero-order chi connectivity index (χ0) is 27.0. The van der Waals surface area contributed by atoms with E-state index in [1.807, 2.05) is 54.6 Å². The Morgan fingerprint density at radius 1 is 1.05 bits per heavy atom. The predicted octanol–water partition coefficient (Wildman–Crippen LogP) is 7.52. The fourth-order valence-corrected chi connectivity index (χ4v) is 5.12. The quantitative estimate of drug-likeness (QED) is 0.280. The number of aromatic carboxylic acids is 1. The van der Waals surface area contributed by atoms with Gasteiger partial charge >= 0.3 is 11.9 Å². The monoisotopic (exact) mass is 509 g/mol. The molecule has 0 fully saturated rings. The van der Waals surface area contributed by atoms with Crippen molar-refractivity contribution < 1.29 is 23.8 Å². The summed E-state index contributed by atoms with van der Waals surface area (Å²) in [6.07, 6.45) is 3.41. The molecule has 2 heterocycles. The Bertz CT molecular complexity index is 1550. The highest BCUT2D eigenvalue weighted by atomic mass is 16.5. The fourth-order valence-electron chi connectivity index (χ4n) is 5.12. The van der Waals surface area contributed by atoms with Crippen LogP contribution in [0.5, 0.6) is 0 Å². The van der Waals surface area contributed by atoms with Crippen molar-refractivity contribution in [2.24, 2.45) is 11.3 Å². The van der Waals surface area contributed by atoms with Crippen LogP contribution in [0.4, 0.5) is 0 Å². The van der Waals surface area contributed by atoms with Gasteiger partial charge in [0.25, 0.3) is 0 Å². The molecule has 6 nitrogen and oxygen atoms in total. The molecular formula is C32H31NO5. The maximum Gasteiger partial charge on any atom is 0.338 e. The Labute approximate surface area is 222 Å². The number of para-hydroxylation sites is 1. The van der Waals surface area contributed by atoms with Gasteiger partial charge in [-0.25, -0.2) is 14.6 Å². The van der Waals surface area contributed by atoms with Crippen molar-refractivity contribution in [3.63, 3.8) is 0 Å². The number of hydrogen-bond acceptors (Lipinski definition) is 5. The molecule has 1 aliphatic rings. The van der Waals surface area contributed by atoms with Crippen LogP contribution in [0.2, 0.25) is 0 Å². The molecule has 4 aromatic rings. The molecule has 5 rings (SSSR count). The lowest BCUT2D eigenvalue weighted by molar-refractivity contribution is 0.0525. The second-order valence-electron chi connectivity index (χ2n) is 10.8. The van der Waals surface area contributed by atoms with E-state index in [9.17, 15) is 14.7 Å². The summed E-state index contributed by atoms with van der Waals surface area (Å²) >= 11 is 0. The minimum atomic E-state index is -0.930. The summed E-state index contributed by atoms with van der Waals surface area (Å²) in [7, 11) is 0. The van der Waals surface area contributed by atoms with E-state index >= 15 is 0 Å². The van der Waals surface area contributed by atoms with E-state index in [1.54, 1.807) is 19.1 Å². The minimum absolute atomic E-state index is 0.0206. The Hall–Kier alpha value is -4.19. The molecule has 0 aliphatic heterocycles. The summed E-state index contributed by atoms with van der Waals surface area (Å²) in [6, 6.07) is 18.3. The third kappa shape index (κ3) is 4.86. The molecule has 1 aliphatic carbocycles. The number of furan rings is 1. The number of esters is 1. The molecule has 1 N–H and O–H groups in total. The molecule has 6 heteroatoms. The molecule has 0 saturated carbocycles. The molecule has 0 amide bonds. The van der Waals surface area contributed by atoms with E-state index < -0.39 is 5.97 Å². The number of rotatable bonds is 5. The van der Waals surface area contributed by atoms with E-state index in [1.165, 1.54) is 0 Å². The van der Waals surface area contributed by atoms with Gasteiger partial charge in [-0.1, -0.05) is 51.1 Å². The van der Waals surface area contributed by atoms with Crippen LogP contribution >= 0.6 is 0 Å². The Morgan fingerprint density at radius 3 is 2.47 bits per heavy atom. The van der Waals surface area contributed by atoms with Crippen molar-refractivity contribution >= 4 is 34.5 Å². The predicted molar refractivity (Wildman–Crippen MR) is 148 cm³/mol. The Kier molecular flexibility index (Phi) is 6.66. The van der Waals surface area contributed by atoms with Crippen LogP contribution in [0.15, 0.2) is 65.1 Å². The largest absolute Gasteiger partial charge is 0.478 e. The zero-order valence-corrected chi connectivity index (χ0v) is 22.1. The van der Waals surface area contributed by atoms with Gasteiger partial charge in [0.2, 0.25) is 0 Å². The van der Waals surface area contributed by atoms with Crippen molar-refractivity contribution in [2.75, 3.05) is 6.61 Å². The first-order chi connectivity index (χ1) is 18.2. The highest BCUT2D eigenvalue weighted by Crippen LogP contribution is 2.45. The van der Waals surface area contributed by atoms with Crippen LogP contribution in [0.3, 0.4) is 0 Å². The number of aromatic nitrogens is 1. The number of hydrogen-bond donors (Lipinski definition) is 1. The number of allylic oxidation sites excluding steroid dienone is 1. The van der Waals surface area contributed by atoms with Crippen LogP contribution in [0.25, 0.3) is 33.9 Å². The molecule has 1 unspecified atom stereocenters. The van der Waals surface area contributed by atoms with E-state index in [-0.39, 0.29) is 17.3 Å². The van der Waals surface area contributed by atoms with Crippen molar-refractivity contribution in [1.82, 2.24) is 4.98 Å². The average Bonchev–Trinajstić information content (AvgIpc) is 3.35. The maximum atomic E-state index is 12.5. The van der Waals surface area contributed by atoms with Gasteiger partial charge < -0.3 is 14.3 Å². The lowest BCUT2D eigenvalue weighted by Gasteiger charge is -2.36. The fraction of sp³-hybridized carbons (Fsp3) is 0.281. The Morgan fingerprint density at radius 2 is 1.79 bits per heavy atom. The summed E-state index contributed by atoms with van der Waals surface area (Å²) in [5.41, 5.74) is 4.82. The summed E-state index contributed by atoms with van der Waals surface area (Å²) < 4.78 is 11.2. The number of ether oxygens (including phenoxy) is 1. The maximum absolute atomic E-state index is 12.5. The van der Waals surface area contributed by atoms with Gasteiger partial charge in [0.05, 0.1) is 28.9 Å². The summed E-state index contributed by atoms with van der Waals surface area (Å²) in [4.78, 5) is 29.4. The molecule has 0 bridgehead atoms. The average molecular weight is 510 g/mol. The van der Waals surface area contributed by atoms with E-state index in [0.29, 0.717) is 46.6 Å². The third-order valence-corrected chi connectivity index (χ3v) is 7.28. The first kappa shape index (κ1) is 25.5. The van der Waals surface area contributed by atoms with Crippen LogP contribution in [0.1, 0.15) is 71.8 Å². The van der Waals surface area contributed by atoms with Crippen molar-refractivity contribution in [2.45, 2.75) is 40.5 Å². The first-order valence-corrected chi connectivity index (χ1v) is 12.9. The Balaban J connectivity index is 1.57. The number of pyridine rings is 1. The van der Waals surface area contributed by atoms with Gasteiger partial charge in [0.15, 0.2) is 0 Å². The van der Waals surface area contributed by atoms with Crippen molar-refractivity contribution in [3.8, 4) is 11.3 Å². The molecular weight excluding hydrogens is 478 g/mol. The second kappa shape index (κ2) is 9.93. The number of benzene rings is 2. The molecule has 194 valence electrons. The van der Waals surface area contributed by atoms with Gasteiger partial charge in [-0.05, 0) is 78.6 Å². The highest BCUT2D eigenvalue weighted by molar-refractivity contribution is 6.06. The van der Waals surface area contributed by atoms with E-state index in [0.717, 1.165) is 28.8 Å². The van der Waals surface area contributed by atoms with Crippen LogP contribution < -0.4 is 0 Å². The molecule has 2 aromatic carbocycles. The highest BCUT2D eigenvalue weighted by Gasteiger charge is 2.35. The van der Waals surface area contributed by atoms with Crippen molar-refractivity contribution in [1.29, 1.82) is 0 Å². The number of nitrogens with zero attached hydrogens (tertiary/aromatic N) is 1. The van der Waals surface area contributed by atoms with Gasteiger partial charge in [-0.2, -0.15) is 0 Å². The number of carboxylic acids is 1. The molecule has 2 aromatic heterocycles. The number of carbonyl (C=O) groups excluding carboxylic acids is 1. The molecule has 0 spiro atoms. The lowest BCUT2D eigenvalue weighted by atomic mass is 9.69. The van der Waals surface area contributed by atoms with E-state index in [2.05, 4.69) is 20.8 Å². The van der Waals surface area contributed by atoms with E-state index in [4.69, 9.17) is 14.1 Å². The zero-order valence-electron chi connectivity index (χ0n) is 22.1. The molecule has 0 radical (unpaired) electrons. The molecule has 38 heavy (non-hydrogen) atoms. The van der Waals surface area contributed by atoms with Crippen molar-refractivity contribution in [3.05, 3.63) is 88.8 Å². The molecule has 1 atom stereocenters.